The Balaban J connectivity index is 2.48. The van der Waals surface area contributed by atoms with Gasteiger partial charge in [0.1, 0.15) is 5.65 Å². The van der Waals surface area contributed by atoms with Gasteiger partial charge in [0.05, 0.1) is 12.6 Å². The Labute approximate surface area is 75.6 Å². The molecule has 0 radical (unpaired) electrons. The Kier molecular flexibility index (Phi) is 2.00. The maximum Gasteiger partial charge on any atom is 0.136 e. The van der Waals surface area contributed by atoms with E-state index in [1.807, 2.05) is 28.9 Å². The zero-order chi connectivity index (χ0) is 9.26. The second kappa shape index (κ2) is 3.16. The molecule has 4 nitrogen and oxygen atoms in total. The molecule has 2 aromatic heterocycles. The molecule has 0 saturated carbocycles. The number of imidazole rings is 1. The smallest absolute Gasteiger partial charge is 0.136 e. The van der Waals surface area contributed by atoms with E-state index in [0.29, 0.717) is 0 Å². The lowest BCUT2D eigenvalue weighted by atomic mass is 10.1. The minimum atomic E-state index is -0.318. The number of pyridine rings is 1. The molecule has 4 heteroatoms. The van der Waals surface area contributed by atoms with Crippen LogP contribution in [0.15, 0.2) is 30.7 Å². The lowest BCUT2D eigenvalue weighted by molar-refractivity contribution is 0.268. The van der Waals surface area contributed by atoms with Gasteiger partial charge >= 0.3 is 0 Å². The molecule has 0 aliphatic carbocycles. The topological polar surface area (TPSA) is 63.5 Å². The van der Waals surface area contributed by atoms with Gasteiger partial charge in [0, 0.05) is 18.6 Å². The van der Waals surface area contributed by atoms with E-state index < -0.39 is 0 Å². The van der Waals surface area contributed by atoms with Gasteiger partial charge < -0.3 is 15.2 Å². The summed E-state index contributed by atoms with van der Waals surface area (Å²) in [6.07, 6.45) is 5.47. The highest BCUT2D eigenvalue weighted by atomic mass is 16.3. The van der Waals surface area contributed by atoms with E-state index in [4.69, 9.17) is 10.8 Å². The number of hydrogen-bond donors (Lipinski definition) is 2. The summed E-state index contributed by atoms with van der Waals surface area (Å²) in [5.41, 5.74) is 7.42. The number of fused-ring (bicyclic) bond motifs is 1. The normalized spacial score (nSPS) is 13.4. The van der Waals surface area contributed by atoms with Gasteiger partial charge in [-0.1, -0.05) is 0 Å². The Morgan fingerprint density at radius 1 is 1.54 bits per heavy atom. The number of nitrogens with zero attached hydrogens (tertiary/aromatic N) is 2. The van der Waals surface area contributed by atoms with Gasteiger partial charge in [-0.3, -0.25) is 0 Å². The Bertz CT molecular complexity index is 410. The van der Waals surface area contributed by atoms with Crippen LogP contribution in [-0.2, 0) is 0 Å². The number of aliphatic hydroxyl groups is 1. The number of aromatic nitrogens is 2. The van der Waals surface area contributed by atoms with E-state index >= 15 is 0 Å². The van der Waals surface area contributed by atoms with Crippen molar-refractivity contribution >= 4 is 5.65 Å². The molecule has 0 aliphatic heterocycles. The van der Waals surface area contributed by atoms with E-state index in [9.17, 15) is 0 Å². The lowest BCUT2D eigenvalue weighted by Gasteiger charge is -2.07. The van der Waals surface area contributed by atoms with Crippen molar-refractivity contribution in [3.8, 4) is 0 Å². The molecule has 68 valence electrons. The number of aliphatic hydroxyl groups excluding tert-OH is 1. The first-order chi connectivity index (χ1) is 6.31. The van der Waals surface area contributed by atoms with Crippen LogP contribution >= 0.6 is 0 Å². The molecule has 2 heterocycles. The molecule has 0 aliphatic rings. The third kappa shape index (κ3) is 1.41. The molecule has 0 unspecified atom stereocenters. The molecule has 2 rings (SSSR count). The fraction of sp³-hybridized carbons (Fsp3) is 0.222. The standard InChI is InChI=1S/C9H11N3O/c10-8(6-13)7-1-3-12-4-2-11-9(12)5-7/h1-5,8,13H,6,10H2/t8-/m1/s1. The molecular formula is C9H11N3O. The molecule has 3 N–H and O–H groups in total. The summed E-state index contributed by atoms with van der Waals surface area (Å²) in [5.74, 6) is 0. The summed E-state index contributed by atoms with van der Waals surface area (Å²) in [6.45, 7) is -0.0448. The van der Waals surface area contributed by atoms with Gasteiger partial charge in [-0.25, -0.2) is 4.98 Å². The van der Waals surface area contributed by atoms with E-state index in [0.717, 1.165) is 11.2 Å². The summed E-state index contributed by atoms with van der Waals surface area (Å²) >= 11 is 0. The molecule has 0 aromatic carbocycles. The fourth-order valence-electron chi connectivity index (χ4n) is 1.26. The number of rotatable bonds is 2. The van der Waals surface area contributed by atoms with Crippen molar-refractivity contribution in [2.24, 2.45) is 5.73 Å². The van der Waals surface area contributed by atoms with Crippen molar-refractivity contribution in [2.45, 2.75) is 6.04 Å². The second-order valence-corrected chi connectivity index (χ2v) is 2.94. The van der Waals surface area contributed by atoms with Crippen LogP contribution < -0.4 is 5.73 Å². The van der Waals surface area contributed by atoms with Crippen LogP contribution in [0.2, 0.25) is 0 Å². The molecule has 0 spiro atoms. The quantitative estimate of drug-likeness (QED) is 0.694. The first kappa shape index (κ1) is 8.22. The van der Waals surface area contributed by atoms with Gasteiger partial charge in [0.15, 0.2) is 0 Å². The van der Waals surface area contributed by atoms with Crippen LogP contribution in [-0.4, -0.2) is 21.1 Å². The van der Waals surface area contributed by atoms with Gasteiger partial charge in [-0.15, -0.1) is 0 Å². The SMILES string of the molecule is N[C@H](CO)c1ccn2ccnc2c1. The molecule has 1 atom stereocenters. The summed E-state index contributed by atoms with van der Waals surface area (Å²) in [6, 6.07) is 3.44. The number of hydrogen-bond acceptors (Lipinski definition) is 3. The third-order valence-corrected chi connectivity index (χ3v) is 2.05. The average Bonchev–Trinajstić information content (AvgIpc) is 2.63. The lowest BCUT2D eigenvalue weighted by Crippen LogP contribution is -2.14. The van der Waals surface area contributed by atoms with Crippen LogP contribution in [0, 0.1) is 0 Å². The van der Waals surface area contributed by atoms with E-state index in [-0.39, 0.29) is 12.6 Å². The van der Waals surface area contributed by atoms with E-state index in [2.05, 4.69) is 4.98 Å². The van der Waals surface area contributed by atoms with Crippen molar-refractivity contribution in [1.82, 2.24) is 9.38 Å². The minimum absolute atomic E-state index is 0.0448. The minimum Gasteiger partial charge on any atom is -0.394 e. The first-order valence-corrected chi connectivity index (χ1v) is 4.10. The summed E-state index contributed by atoms with van der Waals surface area (Å²) in [5, 5.41) is 8.86. The zero-order valence-corrected chi connectivity index (χ0v) is 7.09. The Morgan fingerprint density at radius 2 is 2.38 bits per heavy atom. The van der Waals surface area contributed by atoms with Gasteiger partial charge in [0.25, 0.3) is 0 Å². The maximum atomic E-state index is 8.86. The van der Waals surface area contributed by atoms with Crippen molar-refractivity contribution in [2.75, 3.05) is 6.61 Å². The molecule has 0 bridgehead atoms. The predicted octanol–water partition coefficient (Wildman–Crippen LogP) is 0.326. The van der Waals surface area contributed by atoms with Crippen LogP contribution in [0.4, 0.5) is 0 Å². The molecule has 13 heavy (non-hydrogen) atoms. The maximum absolute atomic E-state index is 8.86. The zero-order valence-electron chi connectivity index (χ0n) is 7.09. The summed E-state index contributed by atoms with van der Waals surface area (Å²) in [7, 11) is 0. The van der Waals surface area contributed by atoms with Crippen LogP contribution in [0.5, 0.6) is 0 Å². The highest BCUT2D eigenvalue weighted by molar-refractivity contribution is 5.42. The molecular weight excluding hydrogens is 166 g/mol. The Hall–Kier alpha value is -1.39. The largest absolute Gasteiger partial charge is 0.394 e. The predicted molar refractivity (Wildman–Crippen MR) is 49.2 cm³/mol. The Morgan fingerprint density at radius 3 is 3.15 bits per heavy atom. The van der Waals surface area contributed by atoms with E-state index in [1.165, 1.54) is 0 Å². The highest BCUT2D eigenvalue weighted by Gasteiger charge is 2.04. The monoisotopic (exact) mass is 177 g/mol. The van der Waals surface area contributed by atoms with Crippen molar-refractivity contribution < 1.29 is 5.11 Å². The van der Waals surface area contributed by atoms with E-state index in [1.54, 1.807) is 6.20 Å². The van der Waals surface area contributed by atoms with Crippen LogP contribution in [0.3, 0.4) is 0 Å². The van der Waals surface area contributed by atoms with Crippen LogP contribution in [0.1, 0.15) is 11.6 Å². The van der Waals surface area contributed by atoms with Gasteiger partial charge in [-0.2, -0.15) is 0 Å². The second-order valence-electron chi connectivity index (χ2n) is 2.94. The summed E-state index contributed by atoms with van der Waals surface area (Å²) in [4.78, 5) is 4.12. The van der Waals surface area contributed by atoms with Gasteiger partial charge in [-0.05, 0) is 17.7 Å². The molecule has 0 fully saturated rings. The van der Waals surface area contributed by atoms with Crippen LogP contribution in [0.25, 0.3) is 5.65 Å². The highest BCUT2D eigenvalue weighted by Crippen LogP contribution is 2.11. The summed E-state index contributed by atoms with van der Waals surface area (Å²) < 4.78 is 1.90. The van der Waals surface area contributed by atoms with Crippen molar-refractivity contribution in [3.63, 3.8) is 0 Å². The van der Waals surface area contributed by atoms with Gasteiger partial charge in [0.2, 0.25) is 0 Å². The number of nitrogens with two attached hydrogens (primary N) is 1. The molecule has 0 amide bonds. The third-order valence-electron chi connectivity index (χ3n) is 2.05. The van der Waals surface area contributed by atoms with Crippen molar-refractivity contribution in [1.29, 1.82) is 0 Å². The first-order valence-electron chi connectivity index (χ1n) is 4.10. The molecule has 2 aromatic rings. The van der Waals surface area contributed by atoms with Crippen molar-refractivity contribution in [3.05, 3.63) is 36.3 Å². The fourth-order valence-corrected chi connectivity index (χ4v) is 1.26. The average molecular weight is 177 g/mol. The molecule has 0 saturated heterocycles.